The van der Waals surface area contributed by atoms with Crippen LogP contribution in [0.15, 0.2) is 0 Å². The maximum Gasteiger partial charge on any atom is 0.389 e. The zero-order valence-corrected chi connectivity index (χ0v) is 7.37. The first-order valence-corrected chi connectivity index (χ1v) is 4.33. The summed E-state index contributed by atoms with van der Waals surface area (Å²) < 4.78 is 29.2. The Morgan fingerprint density at radius 2 is 2.25 bits per heavy atom. The van der Waals surface area contributed by atoms with Crippen molar-refractivity contribution in [2.75, 3.05) is 19.0 Å². The summed E-state index contributed by atoms with van der Waals surface area (Å²) in [4.78, 5) is 10.5. The number of thioether (sulfide) groups is 1. The van der Waals surface area contributed by atoms with E-state index < -0.39 is 11.2 Å². The monoisotopic (exact) mass is 200 g/mol. The Labute approximate surface area is 73.1 Å². The zero-order chi connectivity index (χ0) is 9.61. The molecular weight excluding hydrogens is 190 g/mol. The average molecular weight is 200 g/mol. The second kappa shape index (κ2) is 5.31. The molecule has 0 aromatic carbocycles. The van der Waals surface area contributed by atoms with Crippen molar-refractivity contribution in [1.82, 2.24) is 0 Å². The molecule has 0 spiro atoms. The van der Waals surface area contributed by atoms with Gasteiger partial charge in [0, 0.05) is 5.75 Å². The summed E-state index contributed by atoms with van der Waals surface area (Å²) in [6, 6.07) is 0. The maximum absolute atomic E-state index is 12.6. The van der Waals surface area contributed by atoms with Crippen molar-refractivity contribution in [2.45, 2.75) is 12.2 Å². The van der Waals surface area contributed by atoms with Crippen molar-refractivity contribution in [3.8, 4) is 0 Å². The highest BCUT2D eigenvalue weighted by molar-refractivity contribution is 8.01. The van der Waals surface area contributed by atoms with Crippen molar-refractivity contribution in [3.63, 3.8) is 0 Å². The molecular formula is C6H10F2O3S. The summed E-state index contributed by atoms with van der Waals surface area (Å²) >= 11 is 0.0689. The van der Waals surface area contributed by atoms with Gasteiger partial charge in [-0.1, -0.05) is 11.8 Å². The third kappa shape index (κ3) is 3.87. The topological polar surface area (TPSA) is 46.5 Å². The van der Waals surface area contributed by atoms with Gasteiger partial charge in [0.15, 0.2) is 0 Å². The molecule has 0 heterocycles. The molecule has 0 fully saturated rings. The van der Waals surface area contributed by atoms with Gasteiger partial charge in [0.2, 0.25) is 0 Å². The molecule has 0 bridgehead atoms. The summed E-state index contributed by atoms with van der Waals surface area (Å²) in [5.74, 6) is -1.74. The molecule has 3 nitrogen and oxygen atoms in total. The Morgan fingerprint density at radius 1 is 1.67 bits per heavy atom. The number of aliphatic hydroxyl groups is 1. The van der Waals surface area contributed by atoms with Gasteiger partial charge in [0.1, 0.15) is 0 Å². The van der Waals surface area contributed by atoms with Gasteiger partial charge >= 0.3 is 11.2 Å². The molecule has 0 unspecified atom stereocenters. The van der Waals surface area contributed by atoms with Gasteiger partial charge in [-0.2, -0.15) is 8.78 Å². The van der Waals surface area contributed by atoms with E-state index in [4.69, 9.17) is 5.11 Å². The molecule has 0 atom stereocenters. The molecule has 0 aromatic heterocycles. The summed E-state index contributed by atoms with van der Waals surface area (Å²) in [5, 5.41) is 4.69. The molecule has 0 aromatic rings. The van der Waals surface area contributed by atoms with E-state index in [9.17, 15) is 13.6 Å². The summed E-state index contributed by atoms with van der Waals surface area (Å²) in [6.07, 6.45) is 0. The van der Waals surface area contributed by atoms with Crippen molar-refractivity contribution >= 4 is 17.7 Å². The molecule has 0 aliphatic heterocycles. The lowest BCUT2D eigenvalue weighted by Gasteiger charge is -2.12. The smallest absolute Gasteiger partial charge is 0.389 e. The first-order valence-electron chi connectivity index (χ1n) is 3.34. The van der Waals surface area contributed by atoms with Gasteiger partial charge in [-0.15, -0.1) is 0 Å². The second-order valence-corrected chi connectivity index (χ2v) is 3.02. The van der Waals surface area contributed by atoms with Crippen LogP contribution in [0.5, 0.6) is 0 Å². The highest BCUT2D eigenvalue weighted by atomic mass is 32.2. The van der Waals surface area contributed by atoms with E-state index in [1.165, 1.54) is 6.92 Å². The van der Waals surface area contributed by atoms with Crippen LogP contribution in [0.4, 0.5) is 8.78 Å². The lowest BCUT2D eigenvalue weighted by atomic mass is 10.7. The van der Waals surface area contributed by atoms with Crippen molar-refractivity contribution in [2.24, 2.45) is 0 Å². The highest BCUT2D eigenvalue weighted by Gasteiger charge is 2.40. The largest absolute Gasteiger partial charge is 0.461 e. The quantitative estimate of drug-likeness (QED) is 0.669. The van der Waals surface area contributed by atoms with Crippen LogP contribution in [0.2, 0.25) is 0 Å². The van der Waals surface area contributed by atoms with Crippen LogP contribution < -0.4 is 0 Å². The molecule has 12 heavy (non-hydrogen) atoms. The molecule has 1 N–H and O–H groups in total. The van der Waals surface area contributed by atoms with Gasteiger partial charge in [0.05, 0.1) is 13.2 Å². The minimum atomic E-state index is -3.54. The first kappa shape index (κ1) is 11.6. The number of ether oxygens (including phenoxy) is 1. The van der Waals surface area contributed by atoms with Gasteiger partial charge < -0.3 is 9.84 Å². The van der Waals surface area contributed by atoms with Crippen LogP contribution in [0, 0.1) is 0 Å². The summed E-state index contributed by atoms with van der Waals surface area (Å²) in [7, 11) is 0. The fourth-order valence-corrected chi connectivity index (χ4v) is 0.972. The van der Waals surface area contributed by atoms with Crippen molar-refractivity contribution < 1.29 is 23.4 Å². The number of carbonyl (C=O) groups is 1. The van der Waals surface area contributed by atoms with Crippen LogP contribution in [0.25, 0.3) is 0 Å². The fraction of sp³-hybridized carbons (Fsp3) is 0.833. The minimum absolute atomic E-state index is 0.0689. The fourth-order valence-electron chi connectivity index (χ4n) is 0.448. The zero-order valence-electron chi connectivity index (χ0n) is 6.55. The molecule has 0 radical (unpaired) electrons. The predicted molar refractivity (Wildman–Crippen MR) is 41.1 cm³/mol. The van der Waals surface area contributed by atoms with Crippen LogP contribution in [0.1, 0.15) is 6.92 Å². The van der Waals surface area contributed by atoms with E-state index in [2.05, 4.69) is 4.74 Å². The van der Waals surface area contributed by atoms with E-state index in [-0.39, 0.29) is 30.7 Å². The molecule has 0 aliphatic rings. The summed E-state index contributed by atoms with van der Waals surface area (Å²) in [5.41, 5.74) is 0. The van der Waals surface area contributed by atoms with Crippen LogP contribution >= 0.6 is 11.8 Å². The number of hydrogen-bond donors (Lipinski definition) is 1. The normalized spacial score (nSPS) is 11.3. The highest BCUT2D eigenvalue weighted by Crippen LogP contribution is 2.29. The van der Waals surface area contributed by atoms with Crippen LogP contribution in [0.3, 0.4) is 0 Å². The SMILES string of the molecule is CCOC(=O)C(F)(F)SCCO. The molecule has 6 heteroatoms. The van der Waals surface area contributed by atoms with Gasteiger partial charge in [0.25, 0.3) is 0 Å². The summed E-state index contributed by atoms with van der Waals surface area (Å²) in [6.45, 7) is 0.985. The van der Waals surface area contributed by atoms with Crippen molar-refractivity contribution in [1.29, 1.82) is 0 Å². The van der Waals surface area contributed by atoms with Gasteiger partial charge in [-0.3, -0.25) is 0 Å². The Kier molecular flexibility index (Phi) is 5.16. The number of halogens is 2. The Hall–Kier alpha value is -0.360. The van der Waals surface area contributed by atoms with Crippen LogP contribution in [-0.2, 0) is 9.53 Å². The van der Waals surface area contributed by atoms with E-state index in [1.54, 1.807) is 0 Å². The number of hydrogen-bond acceptors (Lipinski definition) is 4. The average Bonchev–Trinajstić information content (AvgIpc) is 2.01. The third-order valence-corrected chi connectivity index (χ3v) is 1.80. The first-order chi connectivity index (χ1) is 5.54. The maximum atomic E-state index is 12.6. The van der Waals surface area contributed by atoms with E-state index in [0.29, 0.717) is 0 Å². The second-order valence-electron chi connectivity index (χ2n) is 1.81. The van der Waals surface area contributed by atoms with Gasteiger partial charge in [-0.25, -0.2) is 4.79 Å². The number of carbonyl (C=O) groups excluding carboxylic acids is 1. The van der Waals surface area contributed by atoms with Gasteiger partial charge in [-0.05, 0) is 6.92 Å². The molecule has 0 amide bonds. The molecule has 72 valence electrons. The molecule has 0 saturated heterocycles. The Bertz CT molecular complexity index is 152. The van der Waals surface area contributed by atoms with E-state index in [1.807, 2.05) is 0 Å². The molecule has 0 saturated carbocycles. The van der Waals surface area contributed by atoms with E-state index in [0.717, 1.165) is 0 Å². The lowest BCUT2D eigenvalue weighted by Crippen LogP contribution is -2.27. The molecule has 0 aliphatic carbocycles. The van der Waals surface area contributed by atoms with Crippen molar-refractivity contribution in [3.05, 3.63) is 0 Å². The number of esters is 1. The number of aliphatic hydroxyl groups excluding tert-OH is 1. The Morgan fingerprint density at radius 3 is 2.67 bits per heavy atom. The third-order valence-electron chi connectivity index (χ3n) is 0.888. The number of alkyl halides is 2. The van der Waals surface area contributed by atoms with E-state index >= 15 is 0 Å². The lowest BCUT2D eigenvalue weighted by molar-refractivity contribution is -0.159. The minimum Gasteiger partial charge on any atom is -0.461 e. The predicted octanol–water partition coefficient (Wildman–Crippen LogP) is 0.868. The molecule has 0 rings (SSSR count). The van der Waals surface area contributed by atoms with Crippen LogP contribution in [-0.4, -0.2) is 35.3 Å². The standard InChI is InChI=1S/C6H10F2O3S/c1-2-11-5(10)6(7,8)12-4-3-9/h9H,2-4H2,1H3. The number of rotatable bonds is 5. The Balaban J connectivity index is 3.90.